The highest BCUT2D eigenvalue weighted by atomic mass is 33.3. The molecular weight excluding hydrogens is 192 g/mol. The van der Waals surface area contributed by atoms with Crippen LogP contribution in [0.15, 0.2) is 11.0 Å². The van der Waals surface area contributed by atoms with Gasteiger partial charge in [-0.05, 0) is 43.0 Å². The molecule has 1 aliphatic heterocycles. The van der Waals surface area contributed by atoms with Crippen LogP contribution < -0.4 is 0 Å². The van der Waals surface area contributed by atoms with Crippen molar-refractivity contribution in [3.05, 3.63) is 11.0 Å². The molecule has 64 valence electrons. The second-order valence-electron chi connectivity index (χ2n) is 3.82. The molecule has 11 heavy (non-hydrogen) atoms. The van der Waals surface area contributed by atoms with Crippen molar-refractivity contribution < 1.29 is 0 Å². The van der Waals surface area contributed by atoms with Crippen molar-refractivity contribution >= 4 is 30.5 Å². The highest BCUT2D eigenvalue weighted by Gasteiger charge is 2.27. The SMILES string of the molecule is CC1SS(=S)C=C1C(C)(C)C. The first-order chi connectivity index (χ1) is 4.91. The lowest BCUT2D eigenvalue weighted by Gasteiger charge is -2.22. The summed E-state index contributed by atoms with van der Waals surface area (Å²) in [7, 11) is 1.96. The van der Waals surface area contributed by atoms with Gasteiger partial charge in [0.1, 0.15) is 0 Å². The molecule has 0 bridgehead atoms. The average molecular weight is 206 g/mol. The first-order valence-electron chi connectivity index (χ1n) is 3.71. The quantitative estimate of drug-likeness (QED) is 0.559. The van der Waals surface area contributed by atoms with Crippen LogP contribution >= 0.6 is 10.8 Å². The molecule has 0 aromatic heterocycles. The van der Waals surface area contributed by atoms with Gasteiger partial charge in [0, 0.05) is 5.25 Å². The van der Waals surface area contributed by atoms with Crippen LogP contribution in [0.25, 0.3) is 0 Å². The maximum Gasteiger partial charge on any atom is 0.0351 e. The standard InChI is InChI=1S/C8H14S3/c1-6-7(8(2,3)4)5-11(9)10-6/h5-6H,1-4H3. The minimum atomic E-state index is 0.0585. The fourth-order valence-corrected chi connectivity index (χ4v) is 5.94. The van der Waals surface area contributed by atoms with Crippen LogP contribution in [0.5, 0.6) is 0 Å². The van der Waals surface area contributed by atoms with Crippen molar-refractivity contribution in [1.29, 1.82) is 0 Å². The van der Waals surface area contributed by atoms with Crippen LogP contribution in [0, 0.1) is 5.41 Å². The van der Waals surface area contributed by atoms with Crippen LogP contribution in [0.4, 0.5) is 0 Å². The molecule has 2 atom stereocenters. The third-order valence-electron chi connectivity index (χ3n) is 1.77. The lowest BCUT2D eigenvalue weighted by molar-refractivity contribution is 0.494. The topological polar surface area (TPSA) is 0 Å². The molecule has 2 unspecified atom stereocenters. The molecule has 0 radical (unpaired) electrons. The Morgan fingerprint density at radius 1 is 1.55 bits per heavy atom. The van der Waals surface area contributed by atoms with Gasteiger partial charge in [-0.2, -0.15) is 0 Å². The van der Waals surface area contributed by atoms with Crippen LogP contribution in [0.2, 0.25) is 0 Å². The largest absolute Gasteiger partial charge is 0.0779 e. The lowest BCUT2D eigenvalue weighted by atomic mass is 9.86. The molecule has 0 fully saturated rings. The molecule has 1 heterocycles. The van der Waals surface area contributed by atoms with Crippen molar-refractivity contribution in [2.75, 3.05) is 0 Å². The van der Waals surface area contributed by atoms with E-state index in [0.717, 1.165) is 0 Å². The Labute approximate surface area is 79.8 Å². The minimum absolute atomic E-state index is 0.0585. The third-order valence-corrected chi connectivity index (χ3v) is 5.66. The molecule has 0 saturated carbocycles. The first-order valence-corrected chi connectivity index (χ1v) is 7.32. The molecule has 0 aromatic rings. The molecule has 0 nitrogen and oxygen atoms in total. The van der Waals surface area contributed by atoms with E-state index in [1.165, 1.54) is 5.57 Å². The van der Waals surface area contributed by atoms with E-state index in [4.69, 9.17) is 11.2 Å². The van der Waals surface area contributed by atoms with Gasteiger partial charge in [0.05, 0.1) is 0 Å². The van der Waals surface area contributed by atoms with Crippen molar-refractivity contribution in [2.24, 2.45) is 5.41 Å². The van der Waals surface area contributed by atoms with E-state index in [0.29, 0.717) is 10.7 Å². The Hall–Kier alpha value is 0.660. The third kappa shape index (κ3) is 2.30. The lowest BCUT2D eigenvalue weighted by Crippen LogP contribution is -2.14. The smallest absolute Gasteiger partial charge is 0.0351 e. The van der Waals surface area contributed by atoms with Gasteiger partial charge < -0.3 is 0 Å². The van der Waals surface area contributed by atoms with Crippen molar-refractivity contribution in [2.45, 2.75) is 32.9 Å². The number of hydrogen-bond donors (Lipinski definition) is 0. The Morgan fingerprint density at radius 3 is 2.27 bits per heavy atom. The highest BCUT2D eigenvalue weighted by molar-refractivity contribution is 8.84. The predicted molar refractivity (Wildman–Crippen MR) is 59.3 cm³/mol. The Morgan fingerprint density at radius 2 is 2.09 bits per heavy atom. The summed E-state index contributed by atoms with van der Waals surface area (Å²) in [6.45, 7) is 9.02. The van der Waals surface area contributed by atoms with E-state index in [-0.39, 0.29) is 8.49 Å². The van der Waals surface area contributed by atoms with E-state index in [1.54, 1.807) is 0 Å². The van der Waals surface area contributed by atoms with E-state index in [2.05, 4.69) is 33.1 Å². The number of rotatable bonds is 0. The Kier molecular flexibility index (Phi) is 2.83. The van der Waals surface area contributed by atoms with E-state index < -0.39 is 0 Å². The van der Waals surface area contributed by atoms with E-state index >= 15 is 0 Å². The molecular formula is C8H14S3. The molecule has 0 aliphatic carbocycles. The predicted octanol–water partition coefficient (Wildman–Crippen LogP) is 3.05. The summed E-state index contributed by atoms with van der Waals surface area (Å²) >= 11 is 5.24. The second kappa shape index (κ2) is 3.19. The van der Waals surface area contributed by atoms with Crippen molar-refractivity contribution in [1.82, 2.24) is 0 Å². The molecule has 0 amide bonds. The second-order valence-corrected chi connectivity index (χ2v) is 8.84. The van der Waals surface area contributed by atoms with E-state index in [1.807, 2.05) is 10.8 Å². The summed E-state index contributed by atoms with van der Waals surface area (Å²) < 4.78 is 0. The average Bonchev–Trinajstić information content (AvgIpc) is 2.08. The van der Waals surface area contributed by atoms with Crippen LogP contribution in [0.3, 0.4) is 0 Å². The maximum atomic E-state index is 5.24. The van der Waals surface area contributed by atoms with Gasteiger partial charge in [-0.3, -0.25) is 0 Å². The zero-order chi connectivity index (χ0) is 8.65. The zero-order valence-electron chi connectivity index (χ0n) is 7.38. The van der Waals surface area contributed by atoms with Crippen LogP contribution in [-0.4, -0.2) is 5.25 Å². The molecule has 0 N–H and O–H groups in total. The normalized spacial score (nSPS) is 32.2. The van der Waals surface area contributed by atoms with Crippen LogP contribution in [0.1, 0.15) is 27.7 Å². The van der Waals surface area contributed by atoms with Gasteiger partial charge in [0.25, 0.3) is 0 Å². The Balaban J connectivity index is 2.88. The van der Waals surface area contributed by atoms with Crippen molar-refractivity contribution in [3.63, 3.8) is 0 Å². The molecule has 0 saturated heterocycles. The zero-order valence-corrected chi connectivity index (χ0v) is 9.83. The highest BCUT2D eigenvalue weighted by Crippen LogP contribution is 2.41. The molecule has 1 aliphatic rings. The van der Waals surface area contributed by atoms with Gasteiger partial charge in [-0.15, -0.1) is 0 Å². The molecule has 1 rings (SSSR count). The van der Waals surface area contributed by atoms with Gasteiger partial charge in [0.15, 0.2) is 0 Å². The summed E-state index contributed by atoms with van der Waals surface area (Å²) in [4.78, 5) is 0. The summed E-state index contributed by atoms with van der Waals surface area (Å²) in [6.07, 6.45) is 0. The summed E-state index contributed by atoms with van der Waals surface area (Å²) in [5.41, 5.74) is 1.84. The van der Waals surface area contributed by atoms with E-state index in [9.17, 15) is 0 Å². The Bertz CT molecular complexity index is 210. The maximum absolute atomic E-state index is 5.24. The molecule has 0 spiro atoms. The monoisotopic (exact) mass is 206 g/mol. The fraction of sp³-hybridized carbons (Fsp3) is 0.750. The molecule has 0 aromatic carbocycles. The number of hydrogen-bond acceptors (Lipinski definition) is 2. The molecule has 3 heteroatoms. The summed E-state index contributed by atoms with van der Waals surface area (Å²) in [5, 5.41) is 2.90. The van der Waals surface area contributed by atoms with Gasteiger partial charge in [-0.25, -0.2) is 0 Å². The summed E-state index contributed by atoms with van der Waals surface area (Å²) in [6, 6.07) is 0. The summed E-state index contributed by atoms with van der Waals surface area (Å²) in [5.74, 6) is 0. The van der Waals surface area contributed by atoms with Gasteiger partial charge in [-0.1, -0.05) is 31.6 Å². The fourth-order valence-electron chi connectivity index (χ4n) is 1.21. The minimum Gasteiger partial charge on any atom is -0.0779 e. The van der Waals surface area contributed by atoms with Gasteiger partial charge in [0.2, 0.25) is 0 Å². The first kappa shape index (κ1) is 9.75. The van der Waals surface area contributed by atoms with Crippen molar-refractivity contribution in [3.8, 4) is 0 Å². The van der Waals surface area contributed by atoms with Crippen LogP contribution in [-0.2, 0) is 19.7 Å². The van der Waals surface area contributed by atoms with Gasteiger partial charge >= 0.3 is 0 Å².